The van der Waals surface area contributed by atoms with Crippen molar-refractivity contribution in [3.8, 4) is 6.07 Å². The second-order valence-corrected chi connectivity index (χ2v) is 3.65. The summed E-state index contributed by atoms with van der Waals surface area (Å²) < 4.78 is 4.99. The van der Waals surface area contributed by atoms with Crippen molar-refractivity contribution in [1.82, 2.24) is 10.2 Å². The summed E-state index contributed by atoms with van der Waals surface area (Å²) in [6.07, 6.45) is 2.04. The van der Waals surface area contributed by atoms with Crippen LogP contribution in [0.25, 0.3) is 0 Å². The van der Waals surface area contributed by atoms with Crippen LogP contribution in [0.1, 0.15) is 13.3 Å². The van der Waals surface area contributed by atoms with Gasteiger partial charge >= 0.3 is 0 Å². The van der Waals surface area contributed by atoms with E-state index >= 15 is 0 Å². The Morgan fingerprint density at radius 1 is 1.65 bits per heavy atom. The van der Waals surface area contributed by atoms with Crippen molar-refractivity contribution >= 4 is 5.91 Å². The molecule has 1 N–H and O–H groups in total. The molecule has 0 saturated heterocycles. The summed E-state index contributed by atoms with van der Waals surface area (Å²) in [5.74, 6) is -0.0565. The third-order valence-corrected chi connectivity index (χ3v) is 2.44. The molecular weight excluding hydrogens is 218 g/mol. The Morgan fingerprint density at radius 2 is 2.35 bits per heavy atom. The first-order valence-electron chi connectivity index (χ1n) is 5.65. The number of carbonyl (C=O) groups is 1. The number of amides is 1. The van der Waals surface area contributed by atoms with Crippen molar-refractivity contribution in [3.63, 3.8) is 0 Å². The summed E-state index contributed by atoms with van der Waals surface area (Å²) in [5, 5.41) is 11.3. The number of hydrogen-bond donors (Lipinski definition) is 1. The second-order valence-electron chi connectivity index (χ2n) is 3.65. The minimum atomic E-state index is -0.265. The molecule has 0 aliphatic carbocycles. The van der Waals surface area contributed by atoms with Crippen LogP contribution in [0.15, 0.2) is 12.7 Å². The summed E-state index contributed by atoms with van der Waals surface area (Å²) in [4.78, 5) is 13.7. The molecule has 1 amide bonds. The summed E-state index contributed by atoms with van der Waals surface area (Å²) >= 11 is 0. The maximum atomic E-state index is 11.7. The molecule has 0 fully saturated rings. The van der Waals surface area contributed by atoms with E-state index in [1.807, 2.05) is 11.8 Å². The first-order chi connectivity index (χ1) is 8.17. The predicted molar refractivity (Wildman–Crippen MR) is 66.3 cm³/mol. The number of nitriles is 1. The summed E-state index contributed by atoms with van der Waals surface area (Å²) in [6.45, 7) is 7.59. The van der Waals surface area contributed by atoms with Crippen LogP contribution >= 0.6 is 0 Å². The predicted octanol–water partition coefficient (Wildman–Crippen LogP) is 0.539. The van der Waals surface area contributed by atoms with Crippen LogP contribution in [0, 0.1) is 11.3 Å². The highest BCUT2D eigenvalue weighted by molar-refractivity contribution is 5.81. The van der Waals surface area contributed by atoms with Gasteiger partial charge in [0.15, 0.2) is 0 Å². The lowest BCUT2D eigenvalue weighted by atomic mass is 10.2. The Morgan fingerprint density at radius 3 is 2.88 bits per heavy atom. The van der Waals surface area contributed by atoms with E-state index in [0.717, 1.165) is 0 Å². The lowest BCUT2D eigenvalue weighted by Crippen LogP contribution is -2.46. The SMILES string of the molecule is C=CCNC(=O)C(C)N(CCC#N)CCOC. The van der Waals surface area contributed by atoms with Crippen molar-refractivity contribution in [2.24, 2.45) is 0 Å². The normalized spacial score (nSPS) is 11.9. The van der Waals surface area contributed by atoms with Crippen LogP contribution in [0.2, 0.25) is 0 Å². The number of methoxy groups -OCH3 is 1. The third-order valence-electron chi connectivity index (χ3n) is 2.44. The van der Waals surface area contributed by atoms with E-state index in [-0.39, 0.29) is 11.9 Å². The van der Waals surface area contributed by atoms with Gasteiger partial charge in [-0.3, -0.25) is 9.69 Å². The topological polar surface area (TPSA) is 65.4 Å². The molecular formula is C12H21N3O2. The van der Waals surface area contributed by atoms with Gasteiger partial charge in [0, 0.05) is 33.2 Å². The van der Waals surface area contributed by atoms with Crippen LogP contribution in [0.3, 0.4) is 0 Å². The quantitative estimate of drug-likeness (QED) is 0.596. The van der Waals surface area contributed by atoms with Crippen molar-refractivity contribution < 1.29 is 9.53 Å². The van der Waals surface area contributed by atoms with E-state index < -0.39 is 0 Å². The largest absolute Gasteiger partial charge is 0.383 e. The number of carbonyl (C=O) groups excluding carboxylic acids is 1. The Labute approximate surface area is 103 Å². The lowest BCUT2D eigenvalue weighted by Gasteiger charge is -2.26. The van der Waals surface area contributed by atoms with Gasteiger partial charge in [0.25, 0.3) is 0 Å². The summed E-state index contributed by atoms with van der Waals surface area (Å²) in [5.41, 5.74) is 0. The molecule has 0 heterocycles. The van der Waals surface area contributed by atoms with Crippen LogP contribution < -0.4 is 5.32 Å². The molecule has 1 unspecified atom stereocenters. The zero-order valence-electron chi connectivity index (χ0n) is 10.6. The van der Waals surface area contributed by atoms with Crippen LogP contribution in [-0.4, -0.2) is 50.2 Å². The monoisotopic (exact) mass is 239 g/mol. The van der Waals surface area contributed by atoms with E-state index in [2.05, 4.69) is 18.0 Å². The molecule has 0 spiro atoms. The van der Waals surface area contributed by atoms with Crippen LogP contribution in [0.4, 0.5) is 0 Å². The highest BCUT2D eigenvalue weighted by atomic mass is 16.5. The molecule has 0 bridgehead atoms. The standard InChI is InChI=1S/C12H21N3O2/c1-4-7-14-12(16)11(2)15(8-5-6-13)9-10-17-3/h4,11H,1,5,7-10H2,2-3H3,(H,14,16). The highest BCUT2D eigenvalue weighted by Gasteiger charge is 2.19. The number of rotatable bonds is 9. The molecule has 5 nitrogen and oxygen atoms in total. The number of nitrogens with zero attached hydrogens (tertiary/aromatic N) is 2. The first-order valence-corrected chi connectivity index (χ1v) is 5.65. The van der Waals surface area contributed by atoms with E-state index in [9.17, 15) is 4.79 Å². The zero-order chi connectivity index (χ0) is 13.1. The van der Waals surface area contributed by atoms with Gasteiger partial charge in [0.1, 0.15) is 0 Å². The minimum Gasteiger partial charge on any atom is -0.383 e. The zero-order valence-corrected chi connectivity index (χ0v) is 10.6. The molecule has 5 heteroatoms. The molecule has 0 radical (unpaired) electrons. The molecule has 0 aromatic heterocycles. The van der Waals surface area contributed by atoms with Gasteiger partial charge in [-0.05, 0) is 6.92 Å². The van der Waals surface area contributed by atoms with Crippen LogP contribution in [0.5, 0.6) is 0 Å². The first kappa shape index (κ1) is 15.6. The molecule has 0 aromatic rings. The molecule has 17 heavy (non-hydrogen) atoms. The van der Waals surface area contributed by atoms with Crippen molar-refractivity contribution in [1.29, 1.82) is 5.26 Å². The fourth-order valence-corrected chi connectivity index (χ4v) is 1.39. The fraction of sp³-hybridized carbons (Fsp3) is 0.667. The molecule has 1 atom stereocenters. The molecule has 0 aliphatic heterocycles. The number of ether oxygens (including phenoxy) is 1. The maximum Gasteiger partial charge on any atom is 0.237 e. The fourth-order valence-electron chi connectivity index (χ4n) is 1.39. The molecule has 0 aliphatic rings. The highest BCUT2D eigenvalue weighted by Crippen LogP contribution is 2.00. The van der Waals surface area contributed by atoms with Crippen molar-refractivity contribution in [2.75, 3.05) is 33.4 Å². The summed E-state index contributed by atoms with van der Waals surface area (Å²) in [6, 6.07) is 1.82. The second kappa shape index (κ2) is 9.82. The third kappa shape index (κ3) is 6.72. The van der Waals surface area contributed by atoms with Gasteiger partial charge in [-0.25, -0.2) is 0 Å². The van der Waals surface area contributed by atoms with E-state index in [1.54, 1.807) is 13.2 Å². The molecule has 96 valence electrons. The summed E-state index contributed by atoms with van der Waals surface area (Å²) in [7, 11) is 1.62. The maximum absolute atomic E-state index is 11.7. The smallest absolute Gasteiger partial charge is 0.237 e. The van der Waals surface area contributed by atoms with E-state index in [1.165, 1.54) is 0 Å². The Kier molecular flexibility index (Phi) is 9.02. The van der Waals surface area contributed by atoms with E-state index in [4.69, 9.17) is 10.00 Å². The van der Waals surface area contributed by atoms with Gasteiger partial charge in [0.05, 0.1) is 18.7 Å². The lowest BCUT2D eigenvalue weighted by molar-refractivity contribution is -0.125. The molecule has 0 aromatic carbocycles. The average Bonchev–Trinajstić information content (AvgIpc) is 2.35. The molecule has 0 rings (SSSR count). The van der Waals surface area contributed by atoms with Crippen LogP contribution in [-0.2, 0) is 9.53 Å². The van der Waals surface area contributed by atoms with Gasteiger partial charge < -0.3 is 10.1 Å². The molecule has 0 saturated carbocycles. The Balaban J connectivity index is 4.28. The van der Waals surface area contributed by atoms with Crippen molar-refractivity contribution in [3.05, 3.63) is 12.7 Å². The Hall–Kier alpha value is -1.38. The Bertz CT molecular complexity index is 273. The van der Waals surface area contributed by atoms with Crippen molar-refractivity contribution in [2.45, 2.75) is 19.4 Å². The van der Waals surface area contributed by atoms with Gasteiger partial charge in [0.2, 0.25) is 5.91 Å². The van der Waals surface area contributed by atoms with Gasteiger partial charge in [-0.1, -0.05) is 6.08 Å². The van der Waals surface area contributed by atoms with Gasteiger partial charge in [-0.15, -0.1) is 6.58 Å². The van der Waals surface area contributed by atoms with Gasteiger partial charge in [-0.2, -0.15) is 5.26 Å². The number of hydrogen-bond acceptors (Lipinski definition) is 4. The van der Waals surface area contributed by atoms with E-state index in [0.29, 0.717) is 32.7 Å². The average molecular weight is 239 g/mol. The minimum absolute atomic E-state index is 0.0565. The number of nitrogens with one attached hydrogen (secondary N) is 1.